The summed E-state index contributed by atoms with van der Waals surface area (Å²) in [5, 5.41) is 4.77. The average molecular weight is 276 g/mol. The number of hydrogen-bond acceptors (Lipinski definition) is 2. The average Bonchev–Trinajstić information content (AvgIpc) is 3.07. The molecule has 1 fully saturated rings. The zero-order valence-corrected chi connectivity index (χ0v) is 11.3. The van der Waals surface area contributed by atoms with Crippen LogP contribution in [-0.2, 0) is 0 Å². The number of benzene rings is 1. The monoisotopic (exact) mass is 275 g/mol. The van der Waals surface area contributed by atoms with Crippen LogP contribution in [0.4, 0.5) is 0 Å². The van der Waals surface area contributed by atoms with Crippen LogP contribution in [0.1, 0.15) is 19.3 Å². The number of nitrogens with one attached hydrogen (secondary N) is 1. The lowest BCUT2D eigenvalue weighted by atomic mass is 10.4. The molecule has 0 unspecified atom stereocenters. The SMILES string of the molecule is Clc1ccc(SCCCNC2CC2)cc1Cl. The first-order valence-corrected chi connectivity index (χ1v) is 7.31. The molecule has 1 aromatic rings. The topological polar surface area (TPSA) is 12.0 Å². The Morgan fingerprint density at radius 1 is 1.25 bits per heavy atom. The lowest BCUT2D eigenvalue weighted by Crippen LogP contribution is -2.17. The summed E-state index contributed by atoms with van der Waals surface area (Å²) < 4.78 is 0. The van der Waals surface area contributed by atoms with E-state index in [1.807, 2.05) is 30.0 Å². The predicted octanol–water partition coefficient (Wildman–Crippen LogP) is 4.23. The van der Waals surface area contributed by atoms with Gasteiger partial charge in [-0.3, -0.25) is 0 Å². The second-order valence-electron chi connectivity index (χ2n) is 4.01. The van der Waals surface area contributed by atoms with Crippen LogP contribution in [0.2, 0.25) is 10.0 Å². The Balaban J connectivity index is 1.65. The second-order valence-corrected chi connectivity index (χ2v) is 5.99. The van der Waals surface area contributed by atoms with E-state index in [1.54, 1.807) is 0 Å². The van der Waals surface area contributed by atoms with E-state index in [1.165, 1.54) is 24.2 Å². The van der Waals surface area contributed by atoms with Crippen molar-refractivity contribution in [3.63, 3.8) is 0 Å². The third kappa shape index (κ3) is 4.17. The van der Waals surface area contributed by atoms with E-state index in [0.717, 1.165) is 18.3 Å². The minimum absolute atomic E-state index is 0.626. The maximum atomic E-state index is 5.95. The molecule has 1 aromatic carbocycles. The Labute approximate surface area is 111 Å². The van der Waals surface area contributed by atoms with Gasteiger partial charge in [0.2, 0.25) is 0 Å². The molecule has 16 heavy (non-hydrogen) atoms. The lowest BCUT2D eigenvalue weighted by Gasteiger charge is -2.04. The van der Waals surface area contributed by atoms with Crippen molar-refractivity contribution < 1.29 is 0 Å². The molecule has 1 aliphatic rings. The van der Waals surface area contributed by atoms with Gasteiger partial charge >= 0.3 is 0 Å². The van der Waals surface area contributed by atoms with Gasteiger partial charge < -0.3 is 5.32 Å². The Bertz CT molecular complexity index is 353. The minimum Gasteiger partial charge on any atom is -0.314 e. The quantitative estimate of drug-likeness (QED) is 0.616. The summed E-state index contributed by atoms with van der Waals surface area (Å²) in [5.41, 5.74) is 0. The molecule has 2 rings (SSSR count). The van der Waals surface area contributed by atoms with Gasteiger partial charge in [0, 0.05) is 10.9 Å². The van der Waals surface area contributed by atoms with Gasteiger partial charge in [-0.1, -0.05) is 23.2 Å². The molecule has 1 nitrogen and oxygen atoms in total. The van der Waals surface area contributed by atoms with E-state index in [9.17, 15) is 0 Å². The molecular formula is C12H15Cl2NS. The van der Waals surface area contributed by atoms with Gasteiger partial charge in [0.25, 0.3) is 0 Å². The molecule has 1 N–H and O–H groups in total. The standard InChI is InChI=1S/C12H15Cl2NS/c13-11-5-4-10(8-12(11)14)16-7-1-6-15-9-2-3-9/h4-5,8-9,15H,1-3,6-7H2. The molecule has 0 aromatic heterocycles. The van der Waals surface area contributed by atoms with Gasteiger partial charge in [-0.2, -0.15) is 0 Å². The first kappa shape index (κ1) is 12.6. The Hall–Kier alpha value is 0.110. The fourth-order valence-electron chi connectivity index (χ4n) is 1.42. The maximum absolute atomic E-state index is 5.95. The molecule has 88 valence electrons. The summed E-state index contributed by atoms with van der Waals surface area (Å²) in [6.45, 7) is 1.12. The Morgan fingerprint density at radius 3 is 2.75 bits per heavy atom. The van der Waals surface area contributed by atoms with Crippen LogP contribution >= 0.6 is 35.0 Å². The number of hydrogen-bond donors (Lipinski definition) is 1. The van der Waals surface area contributed by atoms with Gasteiger partial charge in [-0.15, -0.1) is 11.8 Å². The number of rotatable bonds is 6. The zero-order chi connectivity index (χ0) is 11.4. The van der Waals surface area contributed by atoms with Crippen molar-refractivity contribution in [3.05, 3.63) is 28.2 Å². The van der Waals surface area contributed by atoms with Crippen molar-refractivity contribution >= 4 is 35.0 Å². The lowest BCUT2D eigenvalue weighted by molar-refractivity contribution is 0.674. The van der Waals surface area contributed by atoms with E-state index in [0.29, 0.717) is 10.0 Å². The van der Waals surface area contributed by atoms with Crippen molar-refractivity contribution in [2.75, 3.05) is 12.3 Å². The maximum Gasteiger partial charge on any atom is 0.0603 e. The van der Waals surface area contributed by atoms with Gasteiger partial charge in [-0.05, 0) is 49.8 Å². The minimum atomic E-state index is 0.626. The fourth-order valence-corrected chi connectivity index (χ4v) is 2.68. The molecule has 0 amide bonds. The summed E-state index contributed by atoms with van der Waals surface area (Å²) in [6.07, 6.45) is 3.92. The van der Waals surface area contributed by atoms with Crippen molar-refractivity contribution in [1.82, 2.24) is 5.32 Å². The third-order valence-electron chi connectivity index (χ3n) is 2.49. The molecular weight excluding hydrogens is 261 g/mol. The van der Waals surface area contributed by atoms with Crippen molar-refractivity contribution in [3.8, 4) is 0 Å². The van der Waals surface area contributed by atoms with Crippen molar-refractivity contribution in [2.45, 2.75) is 30.2 Å². The number of halogens is 2. The Kier molecular flexibility index (Phi) is 4.83. The van der Waals surface area contributed by atoms with E-state index < -0.39 is 0 Å². The number of thioether (sulfide) groups is 1. The van der Waals surface area contributed by atoms with Crippen LogP contribution in [-0.4, -0.2) is 18.3 Å². The van der Waals surface area contributed by atoms with Crippen LogP contribution in [0.3, 0.4) is 0 Å². The smallest absolute Gasteiger partial charge is 0.0603 e. The van der Waals surface area contributed by atoms with Gasteiger partial charge in [0.15, 0.2) is 0 Å². The van der Waals surface area contributed by atoms with E-state index in [4.69, 9.17) is 23.2 Å². The largest absolute Gasteiger partial charge is 0.314 e. The van der Waals surface area contributed by atoms with E-state index in [-0.39, 0.29) is 0 Å². The van der Waals surface area contributed by atoms with Gasteiger partial charge in [0.05, 0.1) is 10.0 Å². The molecule has 0 spiro atoms. The highest BCUT2D eigenvalue weighted by Gasteiger charge is 2.19. The van der Waals surface area contributed by atoms with Crippen LogP contribution in [0, 0.1) is 0 Å². The molecule has 0 atom stereocenters. The molecule has 0 radical (unpaired) electrons. The van der Waals surface area contributed by atoms with Crippen LogP contribution in [0.25, 0.3) is 0 Å². The molecule has 4 heteroatoms. The van der Waals surface area contributed by atoms with Crippen molar-refractivity contribution in [2.24, 2.45) is 0 Å². The predicted molar refractivity (Wildman–Crippen MR) is 72.8 cm³/mol. The fraction of sp³-hybridized carbons (Fsp3) is 0.500. The summed E-state index contributed by atoms with van der Waals surface area (Å²) in [5.74, 6) is 1.12. The van der Waals surface area contributed by atoms with E-state index >= 15 is 0 Å². The second kappa shape index (κ2) is 6.15. The van der Waals surface area contributed by atoms with Gasteiger partial charge in [0.1, 0.15) is 0 Å². The summed E-state index contributed by atoms with van der Waals surface area (Å²) in [7, 11) is 0. The highest BCUT2D eigenvalue weighted by Crippen LogP contribution is 2.28. The zero-order valence-electron chi connectivity index (χ0n) is 9.01. The first-order chi connectivity index (χ1) is 7.75. The highest BCUT2D eigenvalue weighted by molar-refractivity contribution is 7.99. The summed E-state index contributed by atoms with van der Waals surface area (Å²) in [6, 6.07) is 6.63. The van der Waals surface area contributed by atoms with Crippen LogP contribution in [0.15, 0.2) is 23.1 Å². The summed E-state index contributed by atoms with van der Waals surface area (Å²) >= 11 is 13.6. The van der Waals surface area contributed by atoms with Gasteiger partial charge in [-0.25, -0.2) is 0 Å². The summed E-state index contributed by atoms with van der Waals surface area (Å²) in [4.78, 5) is 1.20. The van der Waals surface area contributed by atoms with Crippen LogP contribution < -0.4 is 5.32 Å². The molecule has 1 aliphatic carbocycles. The third-order valence-corrected chi connectivity index (χ3v) is 4.31. The first-order valence-electron chi connectivity index (χ1n) is 5.57. The van der Waals surface area contributed by atoms with Crippen molar-refractivity contribution in [1.29, 1.82) is 0 Å². The van der Waals surface area contributed by atoms with E-state index in [2.05, 4.69) is 5.32 Å². The Morgan fingerprint density at radius 2 is 2.06 bits per heavy atom. The molecule has 0 aliphatic heterocycles. The molecule has 0 saturated heterocycles. The molecule has 1 saturated carbocycles. The van der Waals surface area contributed by atoms with Crippen LogP contribution in [0.5, 0.6) is 0 Å². The molecule has 0 bridgehead atoms. The molecule has 0 heterocycles. The highest BCUT2D eigenvalue weighted by atomic mass is 35.5. The normalized spacial score (nSPS) is 15.4.